The quantitative estimate of drug-likeness (QED) is 0.522. The van der Waals surface area contributed by atoms with Gasteiger partial charge in [-0.3, -0.25) is 14.6 Å². The highest BCUT2D eigenvalue weighted by Gasteiger charge is 2.20. The van der Waals surface area contributed by atoms with Crippen molar-refractivity contribution in [3.05, 3.63) is 100.0 Å². The van der Waals surface area contributed by atoms with E-state index < -0.39 is 0 Å². The summed E-state index contributed by atoms with van der Waals surface area (Å²) < 4.78 is 6.15. The Labute approximate surface area is 168 Å². The Balaban J connectivity index is 1.82. The van der Waals surface area contributed by atoms with Crippen LogP contribution in [-0.2, 0) is 6.54 Å². The summed E-state index contributed by atoms with van der Waals surface area (Å²) in [6, 6.07) is 20.1. The van der Waals surface area contributed by atoms with E-state index in [4.69, 9.17) is 4.42 Å². The third kappa shape index (κ3) is 3.55. The molecule has 2 aromatic heterocycles. The zero-order valence-corrected chi connectivity index (χ0v) is 16.3. The van der Waals surface area contributed by atoms with Gasteiger partial charge in [0.25, 0.3) is 5.91 Å². The molecule has 0 radical (unpaired) electrons. The number of amides is 1. The Morgan fingerprint density at radius 1 is 1.00 bits per heavy atom. The van der Waals surface area contributed by atoms with Crippen LogP contribution in [0.5, 0.6) is 0 Å². The number of carbonyl (C=O) groups excluding carboxylic acids is 1. The highest BCUT2D eigenvalue weighted by atomic mass is 16.3. The number of carbonyl (C=O) groups is 1. The third-order valence-corrected chi connectivity index (χ3v) is 4.88. The second-order valence-corrected chi connectivity index (χ2v) is 6.92. The molecule has 0 unspecified atom stereocenters. The summed E-state index contributed by atoms with van der Waals surface area (Å²) in [5, 5.41) is 0.402. The molecule has 0 atom stereocenters. The fraction of sp³-hybridized carbons (Fsp3) is 0.125. The average molecular weight is 384 g/mol. The van der Waals surface area contributed by atoms with Crippen molar-refractivity contribution in [3.8, 4) is 11.3 Å². The molecule has 0 spiro atoms. The lowest BCUT2D eigenvalue weighted by Crippen LogP contribution is -2.27. The van der Waals surface area contributed by atoms with E-state index in [-0.39, 0.29) is 11.3 Å². The van der Waals surface area contributed by atoms with E-state index in [0.717, 1.165) is 11.3 Å². The van der Waals surface area contributed by atoms with E-state index >= 15 is 0 Å². The van der Waals surface area contributed by atoms with Gasteiger partial charge >= 0.3 is 0 Å². The van der Waals surface area contributed by atoms with Crippen LogP contribution in [-0.4, -0.2) is 22.8 Å². The molecule has 4 rings (SSSR count). The molecule has 0 bridgehead atoms. The number of pyridine rings is 1. The molecule has 4 aromatic rings. The Hall–Kier alpha value is -3.73. The van der Waals surface area contributed by atoms with Gasteiger partial charge in [-0.1, -0.05) is 42.5 Å². The molecule has 0 aliphatic heterocycles. The van der Waals surface area contributed by atoms with Crippen molar-refractivity contribution in [2.24, 2.45) is 0 Å². The molecule has 2 aromatic carbocycles. The SMILES string of the molecule is Cc1c(-c2ccccc2)oc2c(C(=O)N(C)Cc3ccccn3)cccc2c1=O. The summed E-state index contributed by atoms with van der Waals surface area (Å²) in [5.41, 5.74) is 2.64. The lowest BCUT2D eigenvalue weighted by molar-refractivity contribution is 0.0784. The van der Waals surface area contributed by atoms with Crippen molar-refractivity contribution in [1.82, 2.24) is 9.88 Å². The van der Waals surface area contributed by atoms with E-state index in [1.165, 1.54) is 0 Å². The summed E-state index contributed by atoms with van der Waals surface area (Å²) in [5.74, 6) is 0.253. The number of hydrogen-bond donors (Lipinski definition) is 0. The highest BCUT2D eigenvalue weighted by molar-refractivity contribution is 6.05. The second kappa shape index (κ2) is 7.72. The van der Waals surface area contributed by atoms with Gasteiger partial charge in [0.1, 0.15) is 5.76 Å². The number of fused-ring (bicyclic) bond motifs is 1. The van der Waals surface area contributed by atoms with Crippen LogP contribution in [0.15, 0.2) is 82.1 Å². The Morgan fingerprint density at radius 2 is 1.76 bits per heavy atom. The van der Waals surface area contributed by atoms with Crippen LogP contribution >= 0.6 is 0 Å². The van der Waals surface area contributed by atoms with Crippen molar-refractivity contribution in [3.63, 3.8) is 0 Å². The van der Waals surface area contributed by atoms with Gasteiger partial charge in [-0.15, -0.1) is 0 Å². The minimum Gasteiger partial charge on any atom is -0.455 e. The van der Waals surface area contributed by atoms with Gasteiger partial charge in [-0.25, -0.2) is 0 Å². The number of hydrogen-bond acceptors (Lipinski definition) is 4. The van der Waals surface area contributed by atoms with Crippen LogP contribution < -0.4 is 5.43 Å². The maximum atomic E-state index is 13.1. The predicted molar refractivity (Wildman–Crippen MR) is 113 cm³/mol. The largest absolute Gasteiger partial charge is 0.455 e. The molecule has 0 aliphatic rings. The lowest BCUT2D eigenvalue weighted by Gasteiger charge is -2.18. The first-order valence-corrected chi connectivity index (χ1v) is 9.33. The van der Waals surface area contributed by atoms with E-state index in [1.807, 2.05) is 48.5 Å². The van der Waals surface area contributed by atoms with Crippen LogP contribution in [0.1, 0.15) is 21.6 Å². The first-order chi connectivity index (χ1) is 14.1. The smallest absolute Gasteiger partial charge is 0.257 e. The monoisotopic (exact) mass is 384 g/mol. The van der Waals surface area contributed by atoms with Crippen LogP contribution in [0.4, 0.5) is 0 Å². The summed E-state index contributed by atoms with van der Waals surface area (Å²) >= 11 is 0. The molecular formula is C24H20N2O3. The topological polar surface area (TPSA) is 63.4 Å². The Morgan fingerprint density at radius 3 is 2.48 bits per heavy atom. The van der Waals surface area contributed by atoms with E-state index in [0.29, 0.717) is 34.4 Å². The minimum absolute atomic E-state index is 0.132. The number of aromatic nitrogens is 1. The molecule has 0 aliphatic carbocycles. The maximum absolute atomic E-state index is 13.1. The molecule has 5 nitrogen and oxygen atoms in total. The van der Waals surface area contributed by atoms with Gasteiger partial charge < -0.3 is 9.32 Å². The van der Waals surface area contributed by atoms with E-state index in [2.05, 4.69) is 4.98 Å². The zero-order valence-electron chi connectivity index (χ0n) is 16.3. The van der Waals surface area contributed by atoms with E-state index in [9.17, 15) is 9.59 Å². The van der Waals surface area contributed by atoms with Crippen LogP contribution in [0.25, 0.3) is 22.3 Å². The molecule has 0 fully saturated rings. The van der Waals surface area contributed by atoms with Crippen LogP contribution in [0, 0.1) is 6.92 Å². The molecule has 2 heterocycles. The van der Waals surface area contributed by atoms with Crippen molar-refractivity contribution in [2.75, 3.05) is 7.05 Å². The molecule has 0 saturated carbocycles. The van der Waals surface area contributed by atoms with Crippen molar-refractivity contribution < 1.29 is 9.21 Å². The van der Waals surface area contributed by atoms with Crippen LogP contribution in [0.2, 0.25) is 0 Å². The van der Waals surface area contributed by atoms with Crippen molar-refractivity contribution in [1.29, 1.82) is 0 Å². The first kappa shape index (κ1) is 18.6. The number of rotatable bonds is 4. The Kier molecular flexibility index (Phi) is 4.96. The highest BCUT2D eigenvalue weighted by Crippen LogP contribution is 2.27. The summed E-state index contributed by atoms with van der Waals surface area (Å²) in [6.07, 6.45) is 1.69. The second-order valence-electron chi connectivity index (χ2n) is 6.92. The van der Waals surface area contributed by atoms with Gasteiger partial charge in [0.05, 0.1) is 23.2 Å². The number of para-hydroxylation sites is 1. The number of nitrogens with zero attached hydrogens (tertiary/aromatic N) is 2. The predicted octanol–water partition coefficient (Wildman–Crippen LogP) is 4.44. The summed E-state index contributed by atoms with van der Waals surface area (Å²) in [4.78, 5) is 31.9. The van der Waals surface area contributed by atoms with Crippen LogP contribution in [0.3, 0.4) is 0 Å². The maximum Gasteiger partial charge on any atom is 0.257 e. The van der Waals surface area contributed by atoms with Gasteiger partial charge in [0.15, 0.2) is 11.0 Å². The van der Waals surface area contributed by atoms with Gasteiger partial charge in [-0.2, -0.15) is 0 Å². The van der Waals surface area contributed by atoms with Gasteiger partial charge in [-0.05, 0) is 31.2 Å². The fourth-order valence-electron chi connectivity index (χ4n) is 3.35. The van der Waals surface area contributed by atoms with E-state index in [1.54, 1.807) is 43.3 Å². The molecule has 5 heteroatoms. The average Bonchev–Trinajstić information content (AvgIpc) is 2.76. The molecule has 144 valence electrons. The third-order valence-electron chi connectivity index (χ3n) is 4.88. The first-order valence-electron chi connectivity index (χ1n) is 9.33. The zero-order chi connectivity index (χ0) is 20.4. The molecular weight excluding hydrogens is 364 g/mol. The van der Waals surface area contributed by atoms with Crippen molar-refractivity contribution in [2.45, 2.75) is 13.5 Å². The van der Waals surface area contributed by atoms with Crippen molar-refractivity contribution >= 4 is 16.9 Å². The number of benzene rings is 2. The molecule has 0 N–H and O–H groups in total. The fourth-order valence-corrected chi connectivity index (χ4v) is 3.35. The molecule has 0 saturated heterocycles. The molecule has 1 amide bonds. The molecule has 29 heavy (non-hydrogen) atoms. The summed E-state index contributed by atoms with van der Waals surface area (Å²) in [7, 11) is 1.71. The minimum atomic E-state index is -0.229. The lowest BCUT2D eigenvalue weighted by atomic mass is 10.0. The normalized spacial score (nSPS) is 10.8. The Bertz CT molecular complexity index is 1230. The summed E-state index contributed by atoms with van der Waals surface area (Å²) in [6.45, 7) is 2.10. The van der Waals surface area contributed by atoms with Gasteiger partial charge in [0.2, 0.25) is 0 Å². The van der Waals surface area contributed by atoms with Gasteiger partial charge in [0, 0.05) is 24.4 Å². The standard InChI is InChI=1S/C24H20N2O3/c1-16-21(27)19-12-8-13-20(23(19)29-22(16)17-9-4-3-5-10-17)24(28)26(2)15-18-11-6-7-14-25-18/h3-14H,15H2,1-2H3.